The maximum Gasteiger partial charge on any atom is 0.216 e. The molecular formula is C11H17ClN2O. The van der Waals surface area contributed by atoms with Crippen molar-refractivity contribution in [3.63, 3.8) is 0 Å². The third-order valence-electron chi connectivity index (χ3n) is 2.03. The molecule has 0 amide bonds. The third kappa shape index (κ3) is 4.47. The summed E-state index contributed by atoms with van der Waals surface area (Å²) >= 11 is 6.06. The summed E-state index contributed by atoms with van der Waals surface area (Å²) in [7, 11) is 0. The summed E-state index contributed by atoms with van der Waals surface area (Å²) < 4.78 is 5.42. The molecule has 1 heterocycles. The molecule has 0 aromatic carbocycles. The van der Waals surface area contributed by atoms with Crippen molar-refractivity contribution in [1.82, 2.24) is 9.97 Å². The number of aromatic nitrogens is 2. The highest BCUT2D eigenvalue weighted by Crippen LogP contribution is 2.12. The average Bonchev–Trinajstić information content (AvgIpc) is 2.26. The highest BCUT2D eigenvalue weighted by atomic mass is 35.5. The summed E-state index contributed by atoms with van der Waals surface area (Å²) in [5.74, 6) is 0.641. The van der Waals surface area contributed by atoms with Gasteiger partial charge in [0.2, 0.25) is 5.88 Å². The Hall–Kier alpha value is -0.830. The standard InChI is InChI=1S/C11H17ClN2O/c1-3-5-15-11-7-10(13-8-14-11)6-9(12)4-2/h7-9H,3-6H2,1-2H3. The van der Waals surface area contributed by atoms with Crippen LogP contribution < -0.4 is 4.74 Å². The van der Waals surface area contributed by atoms with Crippen molar-refractivity contribution in [2.45, 2.75) is 38.5 Å². The van der Waals surface area contributed by atoms with Gasteiger partial charge in [-0.1, -0.05) is 13.8 Å². The van der Waals surface area contributed by atoms with Gasteiger partial charge >= 0.3 is 0 Å². The zero-order valence-corrected chi connectivity index (χ0v) is 10.00. The highest BCUT2D eigenvalue weighted by molar-refractivity contribution is 6.20. The van der Waals surface area contributed by atoms with E-state index < -0.39 is 0 Å². The Morgan fingerprint density at radius 1 is 1.40 bits per heavy atom. The Morgan fingerprint density at radius 3 is 2.87 bits per heavy atom. The highest BCUT2D eigenvalue weighted by Gasteiger charge is 2.05. The van der Waals surface area contributed by atoms with E-state index in [1.165, 1.54) is 6.33 Å². The molecule has 3 nitrogen and oxygen atoms in total. The van der Waals surface area contributed by atoms with Gasteiger partial charge in [-0.2, -0.15) is 0 Å². The van der Waals surface area contributed by atoms with Crippen LogP contribution in [-0.2, 0) is 6.42 Å². The molecular weight excluding hydrogens is 212 g/mol. The van der Waals surface area contributed by atoms with Crippen LogP contribution in [0.5, 0.6) is 5.88 Å². The van der Waals surface area contributed by atoms with Gasteiger partial charge in [0.1, 0.15) is 6.33 Å². The summed E-state index contributed by atoms with van der Waals surface area (Å²) in [6, 6.07) is 1.86. The first-order valence-corrected chi connectivity index (χ1v) is 5.77. The normalized spacial score (nSPS) is 12.5. The maximum absolute atomic E-state index is 6.06. The molecule has 0 aliphatic rings. The van der Waals surface area contributed by atoms with Crippen LogP contribution in [0.4, 0.5) is 0 Å². The third-order valence-corrected chi connectivity index (χ3v) is 2.49. The molecule has 1 rings (SSSR count). The largest absolute Gasteiger partial charge is 0.478 e. The number of halogens is 1. The van der Waals surface area contributed by atoms with Gasteiger partial charge in [-0.25, -0.2) is 9.97 Å². The van der Waals surface area contributed by atoms with Crippen LogP contribution in [0.25, 0.3) is 0 Å². The summed E-state index contributed by atoms with van der Waals surface area (Å²) in [6.07, 6.45) is 4.21. The fourth-order valence-corrected chi connectivity index (χ4v) is 1.30. The number of alkyl halides is 1. The first-order chi connectivity index (χ1) is 7.26. The topological polar surface area (TPSA) is 35.0 Å². The van der Waals surface area contributed by atoms with E-state index in [0.717, 1.165) is 25.0 Å². The molecule has 0 fully saturated rings. The predicted octanol–water partition coefficient (Wildman–Crippen LogP) is 2.83. The smallest absolute Gasteiger partial charge is 0.216 e. The van der Waals surface area contributed by atoms with Crippen LogP contribution in [0.3, 0.4) is 0 Å². The molecule has 0 saturated carbocycles. The first kappa shape index (κ1) is 12.2. The number of hydrogen-bond donors (Lipinski definition) is 0. The molecule has 1 aromatic rings. The summed E-state index contributed by atoms with van der Waals surface area (Å²) in [4.78, 5) is 8.19. The SMILES string of the molecule is CCCOc1cc(CC(Cl)CC)ncn1. The Morgan fingerprint density at radius 2 is 2.20 bits per heavy atom. The van der Waals surface area contributed by atoms with Gasteiger partial charge in [-0.3, -0.25) is 0 Å². The quantitative estimate of drug-likeness (QED) is 0.703. The Labute approximate surface area is 95.8 Å². The Bertz CT molecular complexity index is 294. The van der Waals surface area contributed by atoms with Crippen molar-refractivity contribution in [3.8, 4) is 5.88 Å². The lowest BCUT2D eigenvalue weighted by Crippen LogP contribution is -2.05. The first-order valence-electron chi connectivity index (χ1n) is 5.34. The van der Waals surface area contributed by atoms with Crippen molar-refractivity contribution in [2.75, 3.05) is 6.61 Å². The molecule has 0 radical (unpaired) electrons. The van der Waals surface area contributed by atoms with Gasteiger partial charge in [-0.05, 0) is 12.8 Å². The van der Waals surface area contributed by atoms with Crippen molar-refractivity contribution in [2.24, 2.45) is 0 Å². The fraction of sp³-hybridized carbons (Fsp3) is 0.636. The van der Waals surface area contributed by atoms with E-state index in [-0.39, 0.29) is 5.38 Å². The molecule has 0 spiro atoms. The van der Waals surface area contributed by atoms with Crippen LogP contribution >= 0.6 is 11.6 Å². The van der Waals surface area contributed by atoms with Gasteiger partial charge in [0.15, 0.2) is 0 Å². The molecule has 0 aliphatic carbocycles. The summed E-state index contributed by atoms with van der Waals surface area (Å²) in [5.41, 5.74) is 0.943. The summed E-state index contributed by atoms with van der Waals surface area (Å²) in [6.45, 7) is 4.82. The van der Waals surface area contributed by atoms with Gasteiger partial charge < -0.3 is 4.74 Å². The molecule has 84 valence electrons. The number of ether oxygens (including phenoxy) is 1. The van der Waals surface area contributed by atoms with Gasteiger partial charge in [0.05, 0.1) is 6.61 Å². The second-order valence-corrected chi connectivity index (χ2v) is 4.02. The second-order valence-electron chi connectivity index (χ2n) is 3.41. The lowest BCUT2D eigenvalue weighted by Gasteiger charge is -2.07. The molecule has 0 aliphatic heterocycles. The van der Waals surface area contributed by atoms with E-state index in [4.69, 9.17) is 16.3 Å². The van der Waals surface area contributed by atoms with Gasteiger partial charge in [0, 0.05) is 23.6 Å². The van der Waals surface area contributed by atoms with Gasteiger partial charge in [0.25, 0.3) is 0 Å². The van der Waals surface area contributed by atoms with Gasteiger partial charge in [-0.15, -0.1) is 11.6 Å². The molecule has 1 aromatic heterocycles. The van der Waals surface area contributed by atoms with Crippen molar-refractivity contribution in [1.29, 1.82) is 0 Å². The van der Waals surface area contributed by atoms with Crippen molar-refractivity contribution >= 4 is 11.6 Å². The van der Waals surface area contributed by atoms with Crippen LogP contribution in [-0.4, -0.2) is 22.0 Å². The van der Waals surface area contributed by atoms with E-state index in [0.29, 0.717) is 12.5 Å². The second kappa shape index (κ2) is 6.62. The van der Waals surface area contributed by atoms with Crippen LogP contribution in [0.2, 0.25) is 0 Å². The van der Waals surface area contributed by atoms with Crippen molar-refractivity contribution < 1.29 is 4.74 Å². The minimum Gasteiger partial charge on any atom is -0.478 e. The average molecular weight is 229 g/mol. The number of rotatable bonds is 6. The molecule has 1 unspecified atom stereocenters. The summed E-state index contributed by atoms with van der Waals surface area (Å²) in [5, 5.41) is 0.138. The lowest BCUT2D eigenvalue weighted by atomic mass is 10.2. The zero-order chi connectivity index (χ0) is 11.1. The number of hydrogen-bond acceptors (Lipinski definition) is 3. The van der Waals surface area contributed by atoms with E-state index >= 15 is 0 Å². The predicted molar refractivity (Wildman–Crippen MR) is 61.5 cm³/mol. The zero-order valence-electron chi connectivity index (χ0n) is 9.24. The molecule has 15 heavy (non-hydrogen) atoms. The minimum absolute atomic E-state index is 0.138. The Balaban J connectivity index is 2.57. The fourth-order valence-electron chi connectivity index (χ4n) is 1.15. The van der Waals surface area contributed by atoms with E-state index in [1.54, 1.807) is 0 Å². The van der Waals surface area contributed by atoms with Crippen molar-refractivity contribution in [3.05, 3.63) is 18.1 Å². The van der Waals surface area contributed by atoms with Crippen LogP contribution in [0.15, 0.2) is 12.4 Å². The van der Waals surface area contributed by atoms with Crippen LogP contribution in [0, 0.1) is 0 Å². The Kier molecular flexibility index (Phi) is 5.40. The molecule has 4 heteroatoms. The molecule has 0 N–H and O–H groups in total. The van der Waals surface area contributed by atoms with E-state index in [2.05, 4.69) is 23.8 Å². The molecule has 0 bridgehead atoms. The minimum atomic E-state index is 0.138. The lowest BCUT2D eigenvalue weighted by molar-refractivity contribution is 0.304. The maximum atomic E-state index is 6.06. The van der Waals surface area contributed by atoms with E-state index in [1.807, 2.05) is 6.07 Å². The molecule has 1 atom stereocenters. The molecule has 0 saturated heterocycles. The number of nitrogens with zero attached hydrogens (tertiary/aromatic N) is 2. The van der Waals surface area contributed by atoms with Crippen LogP contribution in [0.1, 0.15) is 32.4 Å². The van der Waals surface area contributed by atoms with E-state index in [9.17, 15) is 0 Å². The monoisotopic (exact) mass is 228 g/mol.